The van der Waals surface area contributed by atoms with Gasteiger partial charge >= 0.3 is 0 Å². The molecule has 1 saturated heterocycles. The number of aromatic nitrogens is 2. The van der Waals surface area contributed by atoms with Crippen LogP contribution in [-0.2, 0) is 6.42 Å². The molecule has 2 heterocycles. The van der Waals surface area contributed by atoms with E-state index in [1.807, 2.05) is 14.1 Å². The Morgan fingerprint density at radius 3 is 2.41 bits per heavy atom. The van der Waals surface area contributed by atoms with Crippen LogP contribution < -0.4 is 5.32 Å². The SMILES string of the molecule is CN(C)C1CCN(C(=O)c2ccc(C(=O)Nc3n[nH]c4ccc(Cc5cc(F)cc(F)c5)cc34)c([N+](=O)[O-])c2)CC1. The molecule has 0 saturated carbocycles. The lowest BCUT2D eigenvalue weighted by Gasteiger charge is -2.35. The van der Waals surface area contributed by atoms with Crippen molar-refractivity contribution in [2.45, 2.75) is 25.3 Å². The van der Waals surface area contributed by atoms with Crippen molar-refractivity contribution in [1.82, 2.24) is 20.0 Å². The van der Waals surface area contributed by atoms with Crippen LogP contribution in [0.4, 0.5) is 20.3 Å². The molecule has 1 aliphatic rings. The van der Waals surface area contributed by atoms with Gasteiger partial charge in [-0.25, -0.2) is 8.78 Å². The summed E-state index contributed by atoms with van der Waals surface area (Å²) in [6.07, 6.45) is 1.84. The van der Waals surface area contributed by atoms with Crippen molar-refractivity contribution in [3.8, 4) is 0 Å². The Kier molecular flexibility index (Phi) is 7.75. The van der Waals surface area contributed by atoms with E-state index in [2.05, 4.69) is 20.4 Å². The average Bonchev–Trinajstić information content (AvgIpc) is 3.33. The van der Waals surface area contributed by atoms with Crippen LogP contribution in [0.25, 0.3) is 10.9 Å². The number of benzene rings is 3. The number of nitrogens with one attached hydrogen (secondary N) is 2. The fraction of sp³-hybridized carbons (Fsp3) is 0.276. The number of fused-ring (bicyclic) bond motifs is 1. The van der Waals surface area contributed by atoms with Crippen molar-refractivity contribution in [3.05, 3.63) is 98.6 Å². The minimum atomic E-state index is -0.770. The molecule has 2 amide bonds. The van der Waals surface area contributed by atoms with Crippen LogP contribution in [-0.4, -0.2) is 70.0 Å². The van der Waals surface area contributed by atoms with Crippen molar-refractivity contribution in [2.24, 2.45) is 0 Å². The van der Waals surface area contributed by atoms with Gasteiger partial charge in [0.15, 0.2) is 5.82 Å². The summed E-state index contributed by atoms with van der Waals surface area (Å²) in [5.74, 6) is -2.31. The molecule has 5 rings (SSSR count). The van der Waals surface area contributed by atoms with Crippen molar-refractivity contribution in [3.63, 3.8) is 0 Å². The maximum absolute atomic E-state index is 13.6. The summed E-state index contributed by atoms with van der Waals surface area (Å²) in [7, 11) is 3.99. The summed E-state index contributed by atoms with van der Waals surface area (Å²) in [5, 5.41) is 21.9. The van der Waals surface area contributed by atoms with E-state index >= 15 is 0 Å². The molecule has 3 aromatic carbocycles. The Labute approximate surface area is 234 Å². The maximum atomic E-state index is 13.6. The van der Waals surface area contributed by atoms with Gasteiger partial charge in [0.2, 0.25) is 0 Å². The zero-order chi connectivity index (χ0) is 29.3. The molecular formula is C29H28F2N6O4. The van der Waals surface area contributed by atoms with Crippen molar-refractivity contribution in [2.75, 3.05) is 32.5 Å². The van der Waals surface area contributed by atoms with E-state index in [-0.39, 0.29) is 29.3 Å². The van der Waals surface area contributed by atoms with Crippen LogP contribution in [0.5, 0.6) is 0 Å². The standard InChI is InChI=1S/C29H28F2N6O4/c1-35(2)22-7-9-36(10-8-22)29(39)19-4-5-23(26(15-19)37(40)41)28(38)32-27-24-14-17(3-6-25(24)33-34-27)11-18-12-20(30)16-21(31)13-18/h3-6,12-16,22H,7-11H2,1-2H3,(H2,32,33,34,38). The molecule has 0 unspecified atom stereocenters. The van der Waals surface area contributed by atoms with Gasteiger partial charge in [0, 0.05) is 42.2 Å². The Morgan fingerprint density at radius 1 is 1.05 bits per heavy atom. The molecule has 10 nitrogen and oxygen atoms in total. The number of carbonyl (C=O) groups excluding carboxylic acids is 2. The van der Waals surface area contributed by atoms with Gasteiger partial charge in [0.1, 0.15) is 17.2 Å². The number of aromatic amines is 1. The van der Waals surface area contributed by atoms with E-state index in [9.17, 15) is 28.5 Å². The quantitative estimate of drug-likeness (QED) is 0.247. The van der Waals surface area contributed by atoms with Crippen LogP contribution in [0, 0.1) is 21.7 Å². The number of likely N-dealkylation sites (tertiary alicyclic amines) is 1. The number of rotatable bonds is 7. The highest BCUT2D eigenvalue weighted by molar-refractivity contribution is 6.10. The molecule has 0 atom stereocenters. The summed E-state index contributed by atoms with van der Waals surface area (Å²) in [6.45, 7) is 1.08. The lowest BCUT2D eigenvalue weighted by atomic mass is 10.0. The predicted molar refractivity (Wildman–Crippen MR) is 149 cm³/mol. The maximum Gasteiger partial charge on any atom is 0.282 e. The molecule has 1 aliphatic heterocycles. The van der Waals surface area contributed by atoms with Crippen molar-refractivity contribution in [1.29, 1.82) is 0 Å². The van der Waals surface area contributed by atoms with Gasteiger partial charge in [0.05, 0.1) is 10.4 Å². The number of hydrogen-bond donors (Lipinski definition) is 2. The topological polar surface area (TPSA) is 124 Å². The first-order valence-electron chi connectivity index (χ1n) is 13.1. The number of piperidine rings is 1. The lowest BCUT2D eigenvalue weighted by Crippen LogP contribution is -2.44. The highest BCUT2D eigenvalue weighted by atomic mass is 19.1. The second-order valence-corrected chi connectivity index (χ2v) is 10.3. The number of nitrogens with zero attached hydrogens (tertiary/aromatic N) is 4. The van der Waals surface area contributed by atoms with E-state index in [4.69, 9.17) is 0 Å². The van der Waals surface area contributed by atoms with Gasteiger partial charge in [0.25, 0.3) is 17.5 Å². The Morgan fingerprint density at radius 2 is 1.76 bits per heavy atom. The smallest absolute Gasteiger partial charge is 0.282 e. The van der Waals surface area contributed by atoms with Gasteiger partial charge in [-0.15, -0.1) is 0 Å². The summed E-state index contributed by atoms with van der Waals surface area (Å²) in [4.78, 5) is 41.2. The lowest BCUT2D eigenvalue weighted by molar-refractivity contribution is -0.385. The van der Waals surface area contributed by atoms with Crippen LogP contribution in [0.3, 0.4) is 0 Å². The molecule has 0 spiro atoms. The van der Waals surface area contributed by atoms with Crippen LogP contribution >= 0.6 is 0 Å². The first-order chi connectivity index (χ1) is 19.6. The zero-order valence-electron chi connectivity index (χ0n) is 22.5. The Hall–Kier alpha value is -4.71. The van der Waals surface area contributed by atoms with Gasteiger partial charge in [-0.2, -0.15) is 5.10 Å². The molecule has 41 heavy (non-hydrogen) atoms. The van der Waals surface area contributed by atoms with Crippen molar-refractivity contribution < 1.29 is 23.3 Å². The highest BCUT2D eigenvalue weighted by Gasteiger charge is 2.28. The fourth-order valence-electron chi connectivity index (χ4n) is 5.17. The number of anilines is 1. The zero-order valence-corrected chi connectivity index (χ0v) is 22.5. The number of halogens is 2. The Balaban J connectivity index is 1.35. The van der Waals surface area contributed by atoms with Gasteiger partial charge in [-0.05, 0) is 80.9 Å². The minimum Gasteiger partial charge on any atom is -0.339 e. The minimum absolute atomic E-state index is 0.135. The molecule has 0 aliphatic carbocycles. The third-order valence-electron chi connectivity index (χ3n) is 7.36. The summed E-state index contributed by atoms with van der Waals surface area (Å²) in [5.41, 5.74) is 1.15. The molecular weight excluding hydrogens is 534 g/mol. The van der Waals surface area contributed by atoms with E-state index < -0.39 is 28.2 Å². The molecule has 2 N–H and O–H groups in total. The van der Waals surface area contributed by atoms with E-state index in [1.54, 1.807) is 23.1 Å². The number of nitro benzene ring substituents is 1. The third-order valence-corrected chi connectivity index (χ3v) is 7.36. The molecule has 212 valence electrons. The van der Waals surface area contributed by atoms with Crippen LogP contribution in [0.15, 0.2) is 54.6 Å². The highest BCUT2D eigenvalue weighted by Crippen LogP contribution is 2.27. The molecule has 12 heteroatoms. The van der Waals surface area contributed by atoms with Gasteiger partial charge in [-0.1, -0.05) is 6.07 Å². The first-order valence-corrected chi connectivity index (χ1v) is 13.1. The second-order valence-electron chi connectivity index (χ2n) is 10.3. The number of H-pyrrole nitrogens is 1. The normalized spacial score (nSPS) is 14.0. The summed E-state index contributed by atoms with van der Waals surface area (Å²) < 4.78 is 27.2. The molecule has 1 aromatic heterocycles. The molecule has 4 aromatic rings. The molecule has 1 fully saturated rings. The van der Waals surface area contributed by atoms with Crippen molar-refractivity contribution >= 4 is 34.2 Å². The third kappa shape index (κ3) is 6.07. The van der Waals surface area contributed by atoms with Crippen LogP contribution in [0.2, 0.25) is 0 Å². The molecule has 0 bridgehead atoms. The van der Waals surface area contributed by atoms with E-state index in [0.717, 1.165) is 25.0 Å². The number of amides is 2. The second kappa shape index (κ2) is 11.4. The fourth-order valence-corrected chi connectivity index (χ4v) is 5.17. The van der Waals surface area contributed by atoms with Crippen LogP contribution in [0.1, 0.15) is 44.7 Å². The summed E-state index contributed by atoms with van der Waals surface area (Å²) >= 11 is 0. The van der Waals surface area contributed by atoms with Gasteiger partial charge in [-0.3, -0.25) is 24.8 Å². The largest absolute Gasteiger partial charge is 0.339 e. The number of hydrogen-bond acceptors (Lipinski definition) is 6. The summed E-state index contributed by atoms with van der Waals surface area (Å²) in [6, 6.07) is 12.7. The molecule has 0 radical (unpaired) electrons. The monoisotopic (exact) mass is 562 g/mol. The van der Waals surface area contributed by atoms with E-state index in [1.165, 1.54) is 24.3 Å². The Bertz CT molecular complexity index is 1630. The number of carbonyl (C=O) groups is 2. The predicted octanol–water partition coefficient (Wildman–Crippen LogP) is 4.76. The number of nitro groups is 1. The van der Waals surface area contributed by atoms with Gasteiger partial charge < -0.3 is 15.1 Å². The first kappa shape index (κ1) is 27.8. The average molecular weight is 563 g/mol. The van der Waals surface area contributed by atoms with E-state index in [0.29, 0.717) is 41.2 Å².